The second-order valence-corrected chi connectivity index (χ2v) is 31.5. The minimum atomic E-state index is -1.40. The summed E-state index contributed by atoms with van der Waals surface area (Å²) in [4.78, 5) is 96.7. The maximum atomic E-state index is 14.5. The van der Waals surface area contributed by atoms with Crippen LogP contribution in [-0.2, 0) is 33.6 Å². The van der Waals surface area contributed by atoms with E-state index in [1.165, 1.54) is 193 Å². The molecule has 0 aromatic carbocycles. The van der Waals surface area contributed by atoms with Gasteiger partial charge in [0.05, 0.1) is 6.04 Å². The number of nitrogens with two attached hydrogens (primary N) is 2. The number of allylic oxidation sites excluding steroid dienone is 8. The van der Waals surface area contributed by atoms with Gasteiger partial charge in [0, 0.05) is 44.1 Å². The van der Waals surface area contributed by atoms with Crippen LogP contribution in [0.3, 0.4) is 0 Å². The zero-order valence-electron chi connectivity index (χ0n) is 72.7. The van der Waals surface area contributed by atoms with Crippen LogP contribution in [0.4, 0.5) is 0 Å². The molecule has 0 aliphatic heterocycles. The van der Waals surface area contributed by atoms with Gasteiger partial charge in [0.25, 0.3) is 11.8 Å². The van der Waals surface area contributed by atoms with E-state index in [4.69, 9.17) is 11.5 Å². The van der Waals surface area contributed by atoms with Gasteiger partial charge in [0.1, 0.15) is 18.1 Å². The predicted octanol–water partition coefficient (Wildman–Crippen LogP) is 21.8. The molecule has 4 atom stereocenters. The molecule has 0 aliphatic rings. The molecule has 0 radical (unpaired) electrons. The second-order valence-electron chi connectivity index (χ2n) is 31.5. The highest BCUT2D eigenvalue weighted by Gasteiger charge is 2.30. The van der Waals surface area contributed by atoms with E-state index in [0.717, 1.165) is 141 Å². The van der Waals surface area contributed by atoms with Crippen LogP contribution in [0, 0.1) is 0 Å². The summed E-state index contributed by atoms with van der Waals surface area (Å²) in [5.41, 5.74) is 22.3. The van der Waals surface area contributed by atoms with E-state index in [-0.39, 0.29) is 44.9 Å². The Morgan fingerprint density at radius 1 is 0.248 bits per heavy atom. The van der Waals surface area contributed by atoms with Crippen molar-refractivity contribution in [1.29, 1.82) is 0 Å². The highest BCUT2D eigenvalue weighted by molar-refractivity contribution is 5.94. The van der Waals surface area contributed by atoms with Crippen LogP contribution in [-0.4, -0.2) is 96.9 Å². The summed E-state index contributed by atoms with van der Waals surface area (Å²) < 4.78 is 0. The fraction of sp³-hybridized carbons (Fsp3) is 0.796. The van der Waals surface area contributed by atoms with Crippen molar-refractivity contribution < 1.29 is 33.6 Å². The Kier molecular flexibility index (Phi) is 82.0. The number of nitrogens with one attached hydrogen (secondary N) is 7. The van der Waals surface area contributed by atoms with Crippen molar-refractivity contribution in [2.75, 3.05) is 6.54 Å². The molecular weight excluding hydrogens is 1410 g/mol. The van der Waals surface area contributed by atoms with Gasteiger partial charge < -0.3 is 27.4 Å². The van der Waals surface area contributed by atoms with E-state index in [1.54, 1.807) is 24.9 Å². The number of hydrogen-bond donors (Lipinski definition) is 9. The van der Waals surface area contributed by atoms with Crippen molar-refractivity contribution in [1.82, 2.24) is 37.7 Å². The Bertz CT molecular complexity index is 2500. The van der Waals surface area contributed by atoms with Crippen LogP contribution in [0.15, 0.2) is 69.0 Å². The largest absolute Gasteiger partial charge is 0.344 e. The molecule has 0 bridgehead atoms. The fourth-order valence-corrected chi connectivity index (χ4v) is 13.3. The highest BCUT2D eigenvalue weighted by atomic mass is 16.2. The maximum Gasteiger partial charge on any atom is 0.262 e. The Hall–Kier alpha value is -6.15. The van der Waals surface area contributed by atoms with E-state index >= 15 is 0 Å². The third-order valence-electron chi connectivity index (χ3n) is 20.7. The molecule has 0 spiro atoms. The molecular formula is C93H171N13O7. The van der Waals surface area contributed by atoms with Gasteiger partial charge in [-0.05, 0) is 193 Å². The van der Waals surface area contributed by atoms with Crippen molar-refractivity contribution in [3.8, 4) is 0 Å². The van der Waals surface area contributed by atoms with E-state index in [0.29, 0.717) is 45.1 Å². The van der Waals surface area contributed by atoms with Gasteiger partial charge in [-0.25, -0.2) is 21.7 Å². The maximum absolute atomic E-state index is 14.5. The zero-order valence-corrected chi connectivity index (χ0v) is 72.7. The van der Waals surface area contributed by atoms with Gasteiger partial charge in [-0.1, -0.05) is 288 Å². The average Bonchev–Trinajstić information content (AvgIpc) is 0.875. The van der Waals surface area contributed by atoms with Crippen molar-refractivity contribution in [3.05, 3.63) is 48.6 Å². The monoisotopic (exact) mass is 1580 g/mol. The van der Waals surface area contributed by atoms with Crippen molar-refractivity contribution in [2.24, 2.45) is 31.9 Å². The molecule has 0 fully saturated rings. The fourth-order valence-electron chi connectivity index (χ4n) is 13.3. The Morgan fingerprint density at radius 2 is 0.478 bits per heavy atom. The van der Waals surface area contributed by atoms with Gasteiger partial charge in [0.2, 0.25) is 29.5 Å². The molecule has 113 heavy (non-hydrogen) atoms. The molecule has 0 heterocycles. The second kappa shape index (κ2) is 86.7. The molecule has 0 rings (SSSR count). The van der Waals surface area contributed by atoms with Gasteiger partial charge in [0.15, 0.2) is 0 Å². The highest BCUT2D eigenvalue weighted by Crippen LogP contribution is 2.17. The normalized spacial score (nSPS) is 13.1. The molecule has 0 aromatic heterocycles. The molecule has 0 unspecified atom stereocenters. The molecule has 7 amide bonds. The smallest absolute Gasteiger partial charge is 0.262 e. The summed E-state index contributed by atoms with van der Waals surface area (Å²) in [7, 11) is 0. The van der Waals surface area contributed by atoms with Gasteiger partial charge >= 0.3 is 0 Å². The van der Waals surface area contributed by atoms with Crippen LogP contribution in [0.5, 0.6) is 0 Å². The van der Waals surface area contributed by atoms with Crippen LogP contribution in [0.1, 0.15) is 445 Å². The zero-order chi connectivity index (χ0) is 82.3. The molecule has 20 heteroatoms. The number of carbonyl (C=O) groups excluding carboxylic acids is 7. The third-order valence-corrected chi connectivity index (χ3v) is 20.7. The minimum absolute atomic E-state index is 0.0945. The SMILES string of the molecule is CCCCCCCC/C=C\CCCCCCC/C=N/NC(=O)CC[C@H](NC(=O)CC[C@H](NC(=O)[C@@H](N)CCCCN)C(=O)N[C@@H](CCC(=O)N/N=C/CCCCCCC/C=C\CCCCCCCC)C(=O)N/N=C/CCCCCCC/C=C\CCCCCCCC)C(=O)N/N=C/CCCCCCC/C=C\CCCCCCCC. The molecule has 0 aliphatic carbocycles. The Labute approximate surface area is 690 Å². The summed E-state index contributed by atoms with van der Waals surface area (Å²) in [6.45, 7) is 9.40. The van der Waals surface area contributed by atoms with Crippen LogP contribution >= 0.6 is 0 Å². The standard InChI is InChI=1S/C93H171N13O7/c1-5-9-13-17-21-25-29-33-37-41-45-49-53-57-61-67-79-96-103-88(108)76-73-85(92(112)105-98-81-69-63-59-55-51-47-43-39-35-31-27-23-19-15-11-7-3)100-87(107)75-72-84(101-90(110)83(95)71-65-66-78-94)91(111)102-86(93(113)106-99-82-70-64-60-56-52-48-44-40-36-32-28-24-20-16-12-8-4)74-77-89(109)104-97-80-68-62-58-54-50-46-42-38-34-30-26-22-18-14-10-6-2/h33-40,79-86H,5-32,41-78,94-95H2,1-4H3,(H,100,107)(H,101,110)(H,102,111)(H,103,108)(H,104,109)(H,105,112)(H,106,113)/b37-33-,38-34-,39-35-,40-36-,96-79+,97-80+,98-81+,99-82+/t83-,84-,85-,86-/m0/s1. The first-order valence-corrected chi connectivity index (χ1v) is 46.6. The Balaban J connectivity index is 6.18. The molecule has 0 saturated carbocycles. The summed E-state index contributed by atoms with van der Waals surface area (Å²) in [6.07, 6.45) is 90.4. The van der Waals surface area contributed by atoms with Crippen LogP contribution < -0.4 is 49.1 Å². The lowest BCUT2D eigenvalue weighted by Gasteiger charge is -2.24. The topological polar surface area (TPSA) is 305 Å². The number of unbranched alkanes of at least 4 members (excludes halogenated alkanes) is 49. The number of hydrogen-bond acceptors (Lipinski definition) is 13. The molecule has 11 N–H and O–H groups in total. The van der Waals surface area contributed by atoms with Crippen LogP contribution in [0.25, 0.3) is 0 Å². The van der Waals surface area contributed by atoms with Gasteiger partial charge in [-0.3, -0.25) is 33.6 Å². The lowest BCUT2D eigenvalue weighted by atomic mass is 10.0. The summed E-state index contributed by atoms with van der Waals surface area (Å²) in [6, 6.07) is -4.93. The van der Waals surface area contributed by atoms with E-state index < -0.39 is 65.5 Å². The minimum Gasteiger partial charge on any atom is -0.344 e. The van der Waals surface area contributed by atoms with E-state index in [1.807, 2.05) is 0 Å². The number of nitrogens with zero attached hydrogens (tertiary/aromatic N) is 4. The number of amides is 7. The number of rotatable bonds is 84. The molecule has 650 valence electrons. The summed E-state index contributed by atoms with van der Waals surface area (Å²) in [5.74, 6) is -4.33. The average molecular weight is 1580 g/mol. The van der Waals surface area contributed by atoms with Crippen LogP contribution in [0.2, 0.25) is 0 Å². The third kappa shape index (κ3) is 76.9. The molecule has 20 nitrogen and oxygen atoms in total. The first kappa shape index (κ1) is 107. The molecule has 0 aromatic rings. The summed E-state index contributed by atoms with van der Waals surface area (Å²) in [5, 5.41) is 24.9. The van der Waals surface area contributed by atoms with E-state index in [2.05, 4.69) is 134 Å². The lowest BCUT2D eigenvalue weighted by Crippen LogP contribution is -2.56. The number of hydrazone groups is 4. The van der Waals surface area contributed by atoms with Crippen molar-refractivity contribution >= 4 is 66.2 Å². The Morgan fingerprint density at radius 3 is 0.761 bits per heavy atom. The van der Waals surface area contributed by atoms with E-state index in [9.17, 15) is 33.6 Å². The lowest BCUT2D eigenvalue weighted by molar-refractivity contribution is -0.133. The molecule has 0 saturated heterocycles. The first-order chi connectivity index (χ1) is 55.4. The van der Waals surface area contributed by atoms with Gasteiger partial charge in [-0.15, -0.1) is 0 Å². The van der Waals surface area contributed by atoms with Crippen molar-refractivity contribution in [3.63, 3.8) is 0 Å². The predicted molar refractivity (Wildman–Crippen MR) is 479 cm³/mol. The quantitative estimate of drug-likeness (QED) is 0.0121. The number of carbonyl (C=O) groups is 7. The summed E-state index contributed by atoms with van der Waals surface area (Å²) >= 11 is 0. The van der Waals surface area contributed by atoms with Crippen molar-refractivity contribution in [2.45, 2.75) is 469 Å². The first-order valence-electron chi connectivity index (χ1n) is 46.6. The van der Waals surface area contributed by atoms with Gasteiger partial charge in [-0.2, -0.15) is 20.4 Å².